The Morgan fingerprint density at radius 2 is 2.21 bits per heavy atom. The van der Waals surface area contributed by atoms with Gasteiger partial charge in [-0.1, -0.05) is 18.5 Å². The number of thiazole rings is 1. The second-order valence-corrected chi connectivity index (χ2v) is 6.04. The van der Waals surface area contributed by atoms with Crippen molar-refractivity contribution in [2.24, 2.45) is 0 Å². The van der Waals surface area contributed by atoms with Gasteiger partial charge in [0.1, 0.15) is 0 Å². The van der Waals surface area contributed by atoms with Gasteiger partial charge in [-0.2, -0.15) is 5.10 Å². The summed E-state index contributed by atoms with van der Waals surface area (Å²) in [6, 6.07) is 0.0705. The van der Waals surface area contributed by atoms with Crippen LogP contribution in [0, 0.1) is 6.92 Å². The molecule has 1 unspecified atom stereocenters. The van der Waals surface area contributed by atoms with E-state index < -0.39 is 0 Å². The summed E-state index contributed by atoms with van der Waals surface area (Å²) in [6.07, 6.45) is 4.72. The minimum Gasteiger partial charge on any atom is -0.304 e. The van der Waals surface area contributed by atoms with Crippen LogP contribution in [0.5, 0.6) is 0 Å². The maximum absolute atomic E-state index is 6.31. The molecule has 2 rings (SSSR count). The summed E-state index contributed by atoms with van der Waals surface area (Å²) in [5, 5.41) is 9.64. The zero-order valence-corrected chi connectivity index (χ0v) is 13.1. The Morgan fingerprint density at radius 3 is 2.79 bits per heavy atom. The summed E-state index contributed by atoms with van der Waals surface area (Å²) in [7, 11) is 0. The summed E-state index contributed by atoms with van der Waals surface area (Å²) >= 11 is 8.01. The van der Waals surface area contributed by atoms with Crippen LogP contribution in [-0.2, 0) is 6.54 Å². The molecule has 2 heterocycles. The number of nitrogens with zero attached hydrogens (tertiary/aromatic N) is 3. The van der Waals surface area contributed by atoms with Gasteiger partial charge in [-0.05, 0) is 26.8 Å². The van der Waals surface area contributed by atoms with Crippen LogP contribution in [0.2, 0.25) is 5.02 Å². The Kier molecular flexibility index (Phi) is 4.96. The van der Waals surface area contributed by atoms with Crippen molar-refractivity contribution < 1.29 is 0 Å². The van der Waals surface area contributed by atoms with Crippen molar-refractivity contribution in [3.63, 3.8) is 0 Å². The number of rotatable bonds is 6. The molecule has 1 N–H and O–H groups in total. The lowest BCUT2D eigenvalue weighted by atomic mass is 10.1. The first-order valence-electron chi connectivity index (χ1n) is 6.54. The van der Waals surface area contributed by atoms with E-state index in [2.05, 4.69) is 29.2 Å². The standard InChI is InChI=1S/C13H19ClN4S/c1-4-6-15-12(11-8-16-9(3)19-11)13-10(14)7-17-18(13)5-2/h7-8,12,15H,4-6H2,1-3H3. The molecule has 2 aromatic heterocycles. The number of aryl methyl sites for hydroxylation is 2. The van der Waals surface area contributed by atoms with Crippen molar-refractivity contribution in [3.8, 4) is 0 Å². The van der Waals surface area contributed by atoms with Crippen LogP contribution >= 0.6 is 22.9 Å². The molecular formula is C13H19ClN4S. The molecule has 104 valence electrons. The van der Waals surface area contributed by atoms with Gasteiger partial charge in [0.2, 0.25) is 0 Å². The van der Waals surface area contributed by atoms with E-state index in [1.807, 2.05) is 17.8 Å². The van der Waals surface area contributed by atoms with Crippen LogP contribution in [0.25, 0.3) is 0 Å². The molecule has 0 saturated heterocycles. The molecular weight excluding hydrogens is 280 g/mol. The number of halogens is 1. The number of nitrogens with one attached hydrogen (secondary N) is 1. The summed E-state index contributed by atoms with van der Waals surface area (Å²) in [5.41, 5.74) is 1.03. The highest BCUT2D eigenvalue weighted by atomic mass is 35.5. The van der Waals surface area contributed by atoms with Gasteiger partial charge in [0, 0.05) is 17.6 Å². The molecule has 0 aliphatic rings. The highest BCUT2D eigenvalue weighted by Gasteiger charge is 2.22. The maximum Gasteiger partial charge on any atom is 0.0897 e. The van der Waals surface area contributed by atoms with E-state index in [-0.39, 0.29) is 6.04 Å². The third kappa shape index (κ3) is 3.16. The molecule has 0 fully saturated rings. The SMILES string of the molecule is CCCNC(c1cnc(C)s1)c1c(Cl)cnn1CC. The largest absolute Gasteiger partial charge is 0.304 e. The minimum absolute atomic E-state index is 0.0705. The fourth-order valence-corrected chi connectivity index (χ4v) is 3.16. The lowest BCUT2D eigenvalue weighted by Crippen LogP contribution is -2.25. The number of hydrogen-bond acceptors (Lipinski definition) is 4. The molecule has 0 amide bonds. The van der Waals surface area contributed by atoms with Gasteiger partial charge in [0.05, 0.1) is 28.0 Å². The van der Waals surface area contributed by atoms with Crippen molar-refractivity contribution in [2.75, 3.05) is 6.54 Å². The van der Waals surface area contributed by atoms with Crippen molar-refractivity contribution >= 4 is 22.9 Å². The normalized spacial score (nSPS) is 12.8. The Hall–Kier alpha value is -0.910. The lowest BCUT2D eigenvalue weighted by Gasteiger charge is -2.18. The first-order valence-corrected chi connectivity index (χ1v) is 7.73. The molecule has 4 nitrogen and oxygen atoms in total. The average Bonchev–Trinajstić information content (AvgIpc) is 2.98. The van der Waals surface area contributed by atoms with Crippen LogP contribution in [0.4, 0.5) is 0 Å². The molecule has 0 aromatic carbocycles. The van der Waals surface area contributed by atoms with Gasteiger partial charge in [-0.3, -0.25) is 4.68 Å². The van der Waals surface area contributed by atoms with E-state index >= 15 is 0 Å². The highest BCUT2D eigenvalue weighted by molar-refractivity contribution is 7.11. The number of aromatic nitrogens is 3. The van der Waals surface area contributed by atoms with Crippen molar-refractivity contribution in [3.05, 3.63) is 33.0 Å². The zero-order chi connectivity index (χ0) is 13.8. The van der Waals surface area contributed by atoms with Gasteiger partial charge in [-0.25, -0.2) is 4.98 Å². The van der Waals surface area contributed by atoms with E-state index in [1.165, 1.54) is 4.88 Å². The molecule has 0 aliphatic heterocycles. The molecule has 0 spiro atoms. The third-order valence-electron chi connectivity index (χ3n) is 2.93. The summed E-state index contributed by atoms with van der Waals surface area (Å²) < 4.78 is 1.95. The monoisotopic (exact) mass is 298 g/mol. The van der Waals surface area contributed by atoms with Crippen LogP contribution < -0.4 is 5.32 Å². The Bertz CT molecular complexity index is 534. The second-order valence-electron chi connectivity index (χ2n) is 4.36. The van der Waals surface area contributed by atoms with Crippen LogP contribution in [0.1, 0.15) is 41.9 Å². The molecule has 0 bridgehead atoms. The molecule has 1 atom stereocenters. The minimum atomic E-state index is 0.0705. The Morgan fingerprint density at radius 1 is 1.42 bits per heavy atom. The van der Waals surface area contributed by atoms with Gasteiger partial charge in [0.15, 0.2) is 0 Å². The number of hydrogen-bond donors (Lipinski definition) is 1. The predicted octanol–water partition coefficient (Wildman–Crippen LogP) is 3.41. The molecule has 0 aliphatic carbocycles. The van der Waals surface area contributed by atoms with E-state index in [0.29, 0.717) is 5.02 Å². The quantitative estimate of drug-likeness (QED) is 0.888. The van der Waals surface area contributed by atoms with Crippen molar-refractivity contribution in [1.29, 1.82) is 0 Å². The first-order chi connectivity index (χ1) is 9.17. The molecule has 0 saturated carbocycles. The summed E-state index contributed by atoms with van der Waals surface area (Å²) in [4.78, 5) is 5.53. The van der Waals surface area contributed by atoms with Gasteiger partial charge in [-0.15, -0.1) is 11.3 Å². The first kappa shape index (κ1) is 14.5. The molecule has 2 aromatic rings. The summed E-state index contributed by atoms with van der Waals surface area (Å²) in [5.74, 6) is 0. The van der Waals surface area contributed by atoms with Gasteiger partial charge >= 0.3 is 0 Å². The Labute approximate surface area is 122 Å². The predicted molar refractivity (Wildman–Crippen MR) is 79.9 cm³/mol. The van der Waals surface area contributed by atoms with Crippen LogP contribution in [0.3, 0.4) is 0 Å². The smallest absolute Gasteiger partial charge is 0.0897 e. The van der Waals surface area contributed by atoms with E-state index in [9.17, 15) is 0 Å². The molecule has 19 heavy (non-hydrogen) atoms. The van der Waals surface area contributed by atoms with Crippen molar-refractivity contribution in [2.45, 2.75) is 39.8 Å². The topological polar surface area (TPSA) is 42.7 Å². The Balaban J connectivity index is 2.39. The molecule has 0 radical (unpaired) electrons. The van der Waals surface area contributed by atoms with E-state index in [1.54, 1.807) is 17.5 Å². The highest BCUT2D eigenvalue weighted by Crippen LogP contribution is 2.31. The van der Waals surface area contributed by atoms with Gasteiger partial charge in [0.25, 0.3) is 0 Å². The van der Waals surface area contributed by atoms with Crippen LogP contribution in [0.15, 0.2) is 12.4 Å². The van der Waals surface area contributed by atoms with E-state index in [4.69, 9.17) is 11.6 Å². The van der Waals surface area contributed by atoms with Crippen LogP contribution in [-0.4, -0.2) is 21.3 Å². The second kappa shape index (κ2) is 6.50. The maximum atomic E-state index is 6.31. The fraction of sp³-hybridized carbons (Fsp3) is 0.538. The van der Waals surface area contributed by atoms with Gasteiger partial charge < -0.3 is 5.32 Å². The van der Waals surface area contributed by atoms with E-state index in [0.717, 1.165) is 30.2 Å². The third-order valence-corrected chi connectivity index (χ3v) is 4.20. The summed E-state index contributed by atoms with van der Waals surface area (Å²) in [6.45, 7) is 7.99. The average molecular weight is 299 g/mol. The van der Waals surface area contributed by atoms with Crippen molar-refractivity contribution in [1.82, 2.24) is 20.1 Å². The lowest BCUT2D eigenvalue weighted by molar-refractivity contribution is 0.534. The fourth-order valence-electron chi connectivity index (χ4n) is 2.04. The zero-order valence-electron chi connectivity index (χ0n) is 11.5. The molecule has 6 heteroatoms.